The van der Waals surface area contributed by atoms with Crippen LogP contribution in [-0.4, -0.2) is 65.4 Å². The molecule has 0 saturated heterocycles. The number of rotatable bonds is 15. The van der Waals surface area contributed by atoms with Crippen molar-refractivity contribution in [1.29, 1.82) is 0 Å². The van der Waals surface area contributed by atoms with Gasteiger partial charge in [0.05, 0.1) is 0 Å². The van der Waals surface area contributed by atoms with Crippen molar-refractivity contribution in [3.05, 3.63) is 148 Å². The molecule has 5 aliphatic rings. The smallest absolute Gasteiger partial charge is 0.662 e. The average molecular weight is 792 g/mol. The maximum atomic E-state index is 4.25. The third kappa shape index (κ3) is 25.1. The fraction of sp³-hybridized carbons (Fsp3) is 0.500. The summed E-state index contributed by atoms with van der Waals surface area (Å²) < 4.78 is 0. The molecule has 46 heavy (non-hydrogen) atoms. The van der Waals surface area contributed by atoms with Crippen LogP contribution in [0.1, 0.15) is 34.6 Å². The SMILES string of the molecule is CC[N-]CC1C=CC=C1.CC[N-]CC1C=CC=C1.CC[N-]CC1C=CC=C1.CC[N-]CC1C=CC=C1.CC[N-]CC1C=CC=C1.[Ta+5]. The molecule has 0 aliphatic heterocycles. The second kappa shape index (κ2) is 32.9. The molecule has 5 nitrogen and oxygen atoms in total. The Morgan fingerprint density at radius 3 is 0.522 bits per heavy atom. The largest absolute Gasteiger partial charge is 5.00 e. The van der Waals surface area contributed by atoms with Gasteiger partial charge in [-0.05, 0) is 29.6 Å². The standard InChI is InChI=1S/5C8H12N.Ta/c5*1-2-9-7-8-5-3-4-6-8;/h5*3-6,8H,2,7H2,1H3;/q5*-1;+5. The first-order chi connectivity index (χ1) is 22.2. The summed E-state index contributed by atoms with van der Waals surface area (Å²) in [5, 5.41) is 21.3. The van der Waals surface area contributed by atoms with Gasteiger partial charge in [0.25, 0.3) is 0 Å². The van der Waals surface area contributed by atoms with E-state index in [0.717, 1.165) is 65.4 Å². The Morgan fingerprint density at radius 1 is 0.283 bits per heavy atom. The molecule has 0 radical (unpaired) electrons. The van der Waals surface area contributed by atoms with Crippen LogP contribution in [0.25, 0.3) is 26.6 Å². The van der Waals surface area contributed by atoms with Gasteiger partial charge in [-0.25, -0.2) is 0 Å². The van der Waals surface area contributed by atoms with Crippen LogP contribution in [0.4, 0.5) is 0 Å². The van der Waals surface area contributed by atoms with E-state index in [2.05, 4.69) is 183 Å². The molecule has 0 spiro atoms. The van der Waals surface area contributed by atoms with Crippen molar-refractivity contribution in [2.75, 3.05) is 65.4 Å². The molecule has 5 aliphatic carbocycles. The van der Waals surface area contributed by atoms with Crippen LogP contribution in [0, 0.1) is 29.6 Å². The Bertz CT molecular complexity index is 755. The van der Waals surface area contributed by atoms with Crippen molar-refractivity contribution in [1.82, 2.24) is 0 Å². The van der Waals surface area contributed by atoms with Gasteiger partial charge in [0, 0.05) is 0 Å². The number of nitrogens with zero attached hydrogens (tertiary/aromatic N) is 5. The van der Waals surface area contributed by atoms with Gasteiger partial charge in [0.2, 0.25) is 0 Å². The molecule has 250 valence electrons. The molecule has 0 fully saturated rings. The van der Waals surface area contributed by atoms with E-state index in [4.69, 9.17) is 0 Å². The minimum Gasteiger partial charge on any atom is -0.662 e. The predicted octanol–water partition coefficient (Wildman–Crippen LogP) is 10.6. The molecule has 6 heteroatoms. The van der Waals surface area contributed by atoms with Crippen LogP contribution in [0.5, 0.6) is 0 Å². The quantitative estimate of drug-likeness (QED) is 0.159. The molecular formula is C40H60N5Ta. The normalized spacial score (nSPS) is 17.1. The first kappa shape index (κ1) is 43.9. The van der Waals surface area contributed by atoms with Crippen LogP contribution in [-0.2, 0) is 22.4 Å². The van der Waals surface area contributed by atoms with Crippen molar-refractivity contribution in [3.63, 3.8) is 0 Å². The maximum absolute atomic E-state index is 4.25. The third-order valence-corrected chi connectivity index (χ3v) is 6.96. The van der Waals surface area contributed by atoms with E-state index in [0.29, 0.717) is 29.6 Å². The van der Waals surface area contributed by atoms with Gasteiger partial charge in [0.1, 0.15) is 0 Å². The Labute approximate surface area is 298 Å². The van der Waals surface area contributed by atoms with Crippen molar-refractivity contribution in [2.45, 2.75) is 34.6 Å². The second-order valence-corrected chi connectivity index (χ2v) is 10.8. The van der Waals surface area contributed by atoms with Crippen molar-refractivity contribution < 1.29 is 22.4 Å². The van der Waals surface area contributed by atoms with Crippen LogP contribution >= 0.6 is 0 Å². The van der Waals surface area contributed by atoms with Gasteiger partial charge in [-0.2, -0.15) is 32.7 Å². The van der Waals surface area contributed by atoms with E-state index in [9.17, 15) is 0 Å². The number of hydrogen-bond donors (Lipinski definition) is 0. The minimum atomic E-state index is 0. The molecule has 5 rings (SSSR count). The molecule has 0 N–H and O–H groups in total. The van der Waals surface area contributed by atoms with Gasteiger partial charge in [0.15, 0.2) is 0 Å². The van der Waals surface area contributed by atoms with Crippen LogP contribution in [0.3, 0.4) is 0 Å². The molecule has 0 bridgehead atoms. The Hall–Kier alpha value is -2.06. The summed E-state index contributed by atoms with van der Waals surface area (Å²) in [7, 11) is 0. The van der Waals surface area contributed by atoms with Crippen LogP contribution in [0.15, 0.2) is 122 Å². The second-order valence-electron chi connectivity index (χ2n) is 10.8. The molecular weight excluding hydrogens is 731 g/mol. The fourth-order valence-corrected chi connectivity index (χ4v) is 4.39. The summed E-state index contributed by atoms with van der Waals surface area (Å²) in [6.07, 6.45) is 42.6. The van der Waals surface area contributed by atoms with E-state index >= 15 is 0 Å². The third-order valence-electron chi connectivity index (χ3n) is 6.96. The van der Waals surface area contributed by atoms with E-state index in [-0.39, 0.29) is 22.4 Å². The fourth-order valence-electron chi connectivity index (χ4n) is 4.39. The zero-order chi connectivity index (χ0) is 32.6. The molecule has 0 aromatic heterocycles. The monoisotopic (exact) mass is 791 g/mol. The van der Waals surface area contributed by atoms with Gasteiger partial charge in [-0.1, -0.05) is 156 Å². The Kier molecular flexibility index (Phi) is 31.4. The summed E-state index contributed by atoms with van der Waals surface area (Å²) in [4.78, 5) is 0. The van der Waals surface area contributed by atoms with E-state index in [1.165, 1.54) is 0 Å². The maximum Gasteiger partial charge on any atom is 5.00 e. The summed E-state index contributed by atoms with van der Waals surface area (Å²) in [6, 6.07) is 0. The van der Waals surface area contributed by atoms with Crippen molar-refractivity contribution >= 4 is 0 Å². The van der Waals surface area contributed by atoms with Gasteiger partial charge in [-0.3, -0.25) is 0 Å². The Morgan fingerprint density at radius 2 is 0.413 bits per heavy atom. The Balaban J connectivity index is 0.000000547. The predicted molar refractivity (Wildman–Crippen MR) is 203 cm³/mol. The van der Waals surface area contributed by atoms with Crippen LogP contribution < -0.4 is 0 Å². The van der Waals surface area contributed by atoms with Gasteiger partial charge >= 0.3 is 22.4 Å². The average Bonchev–Trinajstić information content (AvgIpc) is 3.91. The van der Waals surface area contributed by atoms with E-state index < -0.39 is 0 Å². The minimum absolute atomic E-state index is 0. The van der Waals surface area contributed by atoms with E-state index in [1.54, 1.807) is 0 Å². The summed E-state index contributed by atoms with van der Waals surface area (Å²) in [5.41, 5.74) is 0. The number of allylic oxidation sites excluding steroid dienone is 10. The van der Waals surface area contributed by atoms with Crippen LogP contribution in [0.2, 0.25) is 0 Å². The van der Waals surface area contributed by atoms with Gasteiger partial charge < -0.3 is 26.6 Å². The molecule has 0 amide bonds. The molecule has 0 heterocycles. The zero-order valence-corrected chi connectivity index (χ0v) is 32.4. The molecule has 0 aromatic rings. The zero-order valence-electron chi connectivity index (χ0n) is 29.2. The summed E-state index contributed by atoms with van der Waals surface area (Å²) in [6.45, 7) is 19.9. The molecule has 0 unspecified atom stereocenters. The molecule has 0 aromatic carbocycles. The molecule has 0 atom stereocenters. The number of hydrogen-bond acceptors (Lipinski definition) is 0. The first-order valence-corrected chi connectivity index (χ1v) is 17.1. The first-order valence-electron chi connectivity index (χ1n) is 17.1. The topological polar surface area (TPSA) is 70.5 Å². The van der Waals surface area contributed by atoms with Gasteiger partial charge in [-0.15, -0.1) is 32.7 Å². The summed E-state index contributed by atoms with van der Waals surface area (Å²) in [5.74, 6) is 2.94. The van der Waals surface area contributed by atoms with Crippen molar-refractivity contribution in [2.24, 2.45) is 29.6 Å². The van der Waals surface area contributed by atoms with Crippen molar-refractivity contribution in [3.8, 4) is 0 Å². The molecule has 0 saturated carbocycles. The summed E-state index contributed by atoms with van der Waals surface area (Å²) >= 11 is 0. The van der Waals surface area contributed by atoms with E-state index in [1.807, 2.05) is 0 Å².